The van der Waals surface area contributed by atoms with Gasteiger partial charge in [-0.2, -0.15) is 5.10 Å². The Labute approximate surface area is 165 Å². The molecule has 1 amide bonds. The highest BCUT2D eigenvalue weighted by Gasteiger charge is 2.19. The van der Waals surface area contributed by atoms with Gasteiger partial charge in [-0.1, -0.05) is 42.5 Å². The fraction of sp³-hybridized carbons (Fsp3) is 0.273. The average Bonchev–Trinajstić information content (AvgIpc) is 2.96. The van der Waals surface area contributed by atoms with Crippen molar-refractivity contribution in [1.29, 1.82) is 0 Å². The third-order valence-electron chi connectivity index (χ3n) is 4.66. The second-order valence-corrected chi connectivity index (χ2v) is 7.99. The molecule has 2 aromatic carbocycles. The van der Waals surface area contributed by atoms with Gasteiger partial charge in [-0.3, -0.25) is 4.79 Å². The van der Waals surface area contributed by atoms with Crippen LogP contribution in [0.1, 0.15) is 29.4 Å². The van der Waals surface area contributed by atoms with E-state index in [2.05, 4.69) is 29.5 Å². The molecule has 140 valence electrons. The van der Waals surface area contributed by atoms with E-state index in [0.29, 0.717) is 0 Å². The van der Waals surface area contributed by atoms with Gasteiger partial charge in [0.25, 0.3) is 0 Å². The van der Waals surface area contributed by atoms with Crippen LogP contribution in [0.4, 0.5) is 5.69 Å². The van der Waals surface area contributed by atoms with Crippen molar-refractivity contribution in [3.63, 3.8) is 0 Å². The number of para-hydroxylation sites is 1. The fourth-order valence-electron chi connectivity index (χ4n) is 2.93. The van der Waals surface area contributed by atoms with E-state index < -0.39 is 0 Å². The lowest BCUT2D eigenvalue weighted by molar-refractivity contribution is -0.115. The molecule has 1 heterocycles. The maximum atomic E-state index is 12.7. The predicted molar refractivity (Wildman–Crippen MR) is 114 cm³/mol. The van der Waals surface area contributed by atoms with E-state index in [1.807, 2.05) is 67.9 Å². The van der Waals surface area contributed by atoms with Crippen molar-refractivity contribution < 1.29 is 4.79 Å². The van der Waals surface area contributed by atoms with Crippen molar-refractivity contribution >= 4 is 23.4 Å². The number of carbonyl (C=O) groups excluding carboxylic acids is 1. The van der Waals surface area contributed by atoms with Crippen LogP contribution in [-0.2, 0) is 10.5 Å². The maximum absolute atomic E-state index is 12.7. The summed E-state index contributed by atoms with van der Waals surface area (Å²) >= 11 is 1.65. The highest BCUT2D eigenvalue weighted by Crippen LogP contribution is 2.25. The van der Waals surface area contributed by atoms with Crippen molar-refractivity contribution in [3.8, 4) is 5.69 Å². The Morgan fingerprint density at radius 3 is 2.44 bits per heavy atom. The number of anilines is 1. The van der Waals surface area contributed by atoms with E-state index in [-0.39, 0.29) is 11.2 Å². The minimum absolute atomic E-state index is 0.00685. The molecule has 1 unspecified atom stereocenters. The molecule has 0 fully saturated rings. The molecule has 0 aliphatic heterocycles. The normalized spacial score (nSPS) is 12.0. The molecular weight excluding hydrogens is 354 g/mol. The zero-order valence-electron chi connectivity index (χ0n) is 16.2. The number of thioether (sulfide) groups is 1. The van der Waals surface area contributed by atoms with Crippen LogP contribution in [0.3, 0.4) is 0 Å². The van der Waals surface area contributed by atoms with Crippen LogP contribution < -0.4 is 5.32 Å². The Balaban J connectivity index is 1.69. The quantitative estimate of drug-likeness (QED) is 0.651. The Hall–Kier alpha value is -2.53. The van der Waals surface area contributed by atoms with Crippen molar-refractivity contribution in [3.05, 3.63) is 77.1 Å². The van der Waals surface area contributed by atoms with E-state index in [9.17, 15) is 4.79 Å². The topological polar surface area (TPSA) is 46.9 Å². The first-order valence-corrected chi connectivity index (χ1v) is 10.1. The first-order valence-electron chi connectivity index (χ1n) is 9.06. The van der Waals surface area contributed by atoms with Crippen LogP contribution in [0.25, 0.3) is 5.69 Å². The van der Waals surface area contributed by atoms with Crippen molar-refractivity contribution in [1.82, 2.24) is 9.78 Å². The number of aromatic nitrogens is 2. The summed E-state index contributed by atoms with van der Waals surface area (Å²) in [6, 6.07) is 18.2. The molecule has 4 nitrogen and oxygen atoms in total. The maximum Gasteiger partial charge on any atom is 0.237 e. The van der Waals surface area contributed by atoms with Crippen LogP contribution in [-0.4, -0.2) is 20.9 Å². The largest absolute Gasteiger partial charge is 0.322 e. The number of hydrogen-bond acceptors (Lipinski definition) is 3. The zero-order chi connectivity index (χ0) is 19.4. The molecule has 1 atom stereocenters. The molecule has 0 spiro atoms. The summed E-state index contributed by atoms with van der Waals surface area (Å²) in [5.74, 6) is 0.829. The third kappa shape index (κ3) is 4.42. The average molecular weight is 380 g/mol. The van der Waals surface area contributed by atoms with Gasteiger partial charge in [-0.15, -0.1) is 11.8 Å². The van der Waals surface area contributed by atoms with Gasteiger partial charge in [0.05, 0.1) is 28.0 Å². The van der Waals surface area contributed by atoms with E-state index in [0.717, 1.165) is 28.5 Å². The highest BCUT2D eigenvalue weighted by atomic mass is 32.2. The minimum atomic E-state index is -0.150. The van der Waals surface area contributed by atoms with E-state index in [1.165, 1.54) is 11.1 Å². The highest BCUT2D eigenvalue weighted by molar-refractivity contribution is 7.99. The summed E-state index contributed by atoms with van der Waals surface area (Å²) in [7, 11) is 0. The number of nitrogens with zero attached hydrogens (tertiary/aromatic N) is 2. The molecule has 27 heavy (non-hydrogen) atoms. The minimum Gasteiger partial charge on any atom is -0.322 e. The zero-order valence-corrected chi connectivity index (χ0v) is 17.0. The molecule has 0 saturated carbocycles. The van der Waals surface area contributed by atoms with Gasteiger partial charge in [0.15, 0.2) is 0 Å². The van der Waals surface area contributed by atoms with Crippen molar-refractivity contribution in [2.24, 2.45) is 0 Å². The molecule has 0 aliphatic carbocycles. The molecule has 0 radical (unpaired) electrons. The second kappa shape index (κ2) is 8.44. The van der Waals surface area contributed by atoms with Crippen LogP contribution in [0.15, 0.2) is 54.6 Å². The molecule has 0 bridgehead atoms. The standard InChI is InChI=1S/C22H25N3OS/c1-15-10-8-9-11-19(15)14-27-18(4)22(26)23-21-16(2)24-25(17(21)3)20-12-6-5-7-13-20/h5-13,18H,14H2,1-4H3,(H,23,26). The first-order chi connectivity index (χ1) is 13.0. The third-order valence-corrected chi connectivity index (χ3v) is 5.85. The summed E-state index contributed by atoms with van der Waals surface area (Å²) in [6.07, 6.45) is 0. The van der Waals surface area contributed by atoms with Gasteiger partial charge in [-0.05, 0) is 51.0 Å². The van der Waals surface area contributed by atoms with Crippen LogP contribution in [0.2, 0.25) is 0 Å². The number of carbonyl (C=O) groups is 1. The van der Waals surface area contributed by atoms with Crippen LogP contribution in [0, 0.1) is 20.8 Å². The number of nitrogens with one attached hydrogen (secondary N) is 1. The predicted octanol–water partition coefficient (Wildman–Crippen LogP) is 5.06. The lowest BCUT2D eigenvalue weighted by Crippen LogP contribution is -2.23. The number of benzene rings is 2. The molecule has 0 saturated heterocycles. The second-order valence-electron chi connectivity index (χ2n) is 6.66. The molecular formula is C22H25N3OS. The number of hydrogen-bond donors (Lipinski definition) is 1. The number of amides is 1. The van der Waals surface area contributed by atoms with Crippen molar-refractivity contribution in [2.45, 2.75) is 38.7 Å². The van der Waals surface area contributed by atoms with E-state index >= 15 is 0 Å². The molecule has 1 N–H and O–H groups in total. The van der Waals surface area contributed by atoms with Crippen molar-refractivity contribution in [2.75, 3.05) is 5.32 Å². The number of aryl methyl sites for hydroxylation is 2. The summed E-state index contributed by atoms with van der Waals surface area (Å²) in [5, 5.41) is 7.52. The SMILES string of the molecule is Cc1ccccc1CSC(C)C(=O)Nc1c(C)nn(-c2ccccc2)c1C. The summed E-state index contributed by atoms with van der Waals surface area (Å²) in [4.78, 5) is 12.7. The van der Waals surface area contributed by atoms with Gasteiger partial charge in [-0.25, -0.2) is 4.68 Å². The van der Waals surface area contributed by atoms with Gasteiger partial charge < -0.3 is 5.32 Å². The Morgan fingerprint density at radius 2 is 1.74 bits per heavy atom. The smallest absolute Gasteiger partial charge is 0.237 e. The Morgan fingerprint density at radius 1 is 1.07 bits per heavy atom. The molecule has 0 aliphatic rings. The monoisotopic (exact) mass is 379 g/mol. The summed E-state index contributed by atoms with van der Waals surface area (Å²) < 4.78 is 1.87. The van der Waals surface area contributed by atoms with Gasteiger partial charge in [0.1, 0.15) is 0 Å². The molecule has 1 aromatic heterocycles. The van der Waals surface area contributed by atoms with E-state index in [1.54, 1.807) is 11.8 Å². The van der Waals surface area contributed by atoms with Gasteiger partial charge in [0, 0.05) is 5.75 Å². The molecule has 3 aromatic rings. The van der Waals surface area contributed by atoms with Crippen LogP contribution in [0.5, 0.6) is 0 Å². The summed E-state index contributed by atoms with van der Waals surface area (Å²) in [6.45, 7) is 7.96. The molecule has 3 rings (SSSR count). The van der Waals surface area contributed by atoms with E-state index in [4.69, 9.17) is 0 Å². The lowest BCUT2D eigenvalue weighted by atomic mass is 10.1. The Kier molecular flexibility index (Phi) is 6.01. The van der Waals surface area contributed by atoms with Crippen LogP contribution >= 0.6 is 11.8 Å². The van der Waals surface area contributed by atoms with Gasteiger partial charge in [0.2, 0.25) is 5.91 Å². The first kappa shape index (κ1) is 19.2. The Bertz CT molecular complexity index is 934. The van der Waals surface area contributed by atoms with Gasteiger partial charge >= 0.3 is 0 Å². The molecule has 5 heteroatoms. The lowest BCUT2D eigenvalue weighted by Gasteiger charge is -2.13. The fourth-order valence-corrected chi connectivity index (χ4v) is 3.90. The summed E-state index contributed by atoms with van der Waals surface area (Å²) in [5.41, 5.74) is 6.07. The number of rotatable bonds is 6.